The van der Waals surface area contributed by atoms with Crippen LogP contribution in [0.4, 0.5) is 18.9 Å². The summed E-state index contributed by atoms with van der Waals surface area (Å²) >= 11 is 0. The van der Waals surface area contributed by atoms with Gasteiger partial charge in [0.1, 0.15) is 23.2 Å². The average Bonchev–Trinajstić information content (AvgIpc) is 3.54. The van der Waals surface area contributed by atoms with Crippen molar-refractivity contribution in [3.63, 3.8) is 0 Å². The molecule has 1 amide bonds. The maximum absolute atomic E-state index is 14.8. The van der Waals surface area contributed by atoms with Gasteiger partial charge in [-0.2, -0.15) is 0 Å². The second-order valence-corrected chi connectivity index (χ2v) is 8.55. The van der Waals surface area contributed by atoms with Crippen LogP contribution in [-0.4, -0.2) is 11.7 Å². The summed E-state index contributed by atoms with van der Waals surface area (Å²) in [5.41, 5.74) is 2.00. The third-order valence-electron chi connectivity index (χ3n) is 6.41. The molecular formula is C27H21F3N2O2. The number of halogens is 3. The molecule has 172 valence electrons. The lowest BCUT2D eigenvalue weighted by atomic mass is 9.91. The lowest BCUT2D eigenvalue weighted by molar-refractivity contribution is -0.116. The quantitative estimate of drug-likeness (QED) is 0.560. The van der Waals surface area contributed by atoms with E-state index >= 15 is 0 Å². The highest BCUT2D eigenvalue weighted by Crippen LogP contribution is 2.40. The number of hydrogen-bond acceptors (Lipinski definition) is 3. The highest BCUT2D eigenvalue weighted by molar-refractivity contribution is 6.22. The van der Waals surface area contributed by atoms with E-state index in [0.717, 1.165) is 0 Å². The molecule has 1 N–H and O–H groups in total. The summed E-state index contributed by atoms with van der Waals surface area (Å²) in [6.07, 6.45) is 0.284. The number of nitrogens with one attached hydrogen (secondary N) is 1. The van der Waals surface area contributed by atoms with Crippen LogP contribution in [0.3, 0.4) is 0 Å². The Labute approximate surface area is 194 Å². The van der Waals surface area contributed by atoms with Crippen molar-refractivity contribution in [3.8, 4) is 0 Å². The summed E-state index contributed by atoms with van der Waals surface area (Å²) in [4.78, 5) is 27.2. The monoisotopic (exact) mass is 462 g/mol. The number of fused-ring (bicyclic) bond motifs is 1. The minimum Gasteiger partial charge on any atom is -0.344 e. The van der Waals surface area contributed by atoms with Gasteiger partial charge >= 0.3 is 0 Å². The lowest BCUT2D eigenvalue weighted by Crippen LogP contribution is -2.36. The molecule has 1 unspecified atom stereocenters. The van der Waals surface area contributed by atoms with E-state index in [-0.39, 0.29) is 35.6 Å². The summed E-state index contributed by atoms with van der Waals surface area (Å²) in [7, 11) is 0. The number of hydrogen-bond donors (Lipinski definition) is 1. The molecule has 1 heterocycles. The van der Waals surface area contributed by atoms with Crippen molar-refractivity contribution in [1.29, 1.82) is 0 Å². The summed E-state index contributed by atoms with van der Waals surface area (Å²) in [6.45, 7) is 1.73. The zero-order chi connectivity index (χ0) is 24.0. The van der Waals surface area contributed by atoms with Crippen LogP contribution in [0, 0.1) is 23.4 Å². The summed E-state index contributed by atoms with van der Waals surface area (Å²) in [6, 6.07) is 15.6. The molecule has 1 saturated carbocycles. The molecule has 3 aromatic carbocycles. The molecule has 2 aliphatic rings. The first kappa shape index (κ1) is 21.9. The summed E-state index contributed by atoms with van der Waals surface area (Å²) in [5, 5.41) is 2.87. The van der Waals surface area contributed by atoms with Crippen LogP contribution >= 0.6 is 0 Å². The highest BCUT2D eigenvalue weighted by atomic mass is 19.1. The lowest BCUT2D eigenvalue weighted by Gasteiger charge is -2.34. The Morgan fingerprint density at radius 3 is 2.41 bits per heavy atom. The number of nitrogens with zero attached hydrogens (tertiary/aromatic N) is 1. The fraction of sp³-hybridized carbons (Fsp3) is 0.185. The van der Waals surface area contributed by atoms with Crippen LogP contribution in [0.5, 0.6) is 0 Å². The topological polar surface area (TPSA) is 49.4 Å². The number of carbonyl (C=O) groups excluding carboxylic acids is 2. The Bertz CT molecular complexity index is 1350. The molecular weight excluding hydrogens is 441 g/mol. The van der Waals surface area contributed by atoms with Gasteiger partial charge < -0.3 is 10.2 Å². The Kier molecular flexibility index (Phi) is 5.48. The van der Waals surface area contributed by atoms with E-state index in [9.17, 15) is 22.8 Å². The van der Waals surface area contributed by atoms with Crippen LogP contribution in [0.1, 0.15) is 36.1 Å². The van der Waals surface area contributed by atoms with Gasteiger partial charge in [-0.25, -0.2) is 13.2 Å². The first-order valence-corrected chi connectivity index (χ1v) is 10.9. The Hall–Kier alpha value is -3.87. The summed E-state index contributed by atoms with van der Waals surface area (Å²) < 4.78 is 43.4. The van der Waals surface area contributed by atoms with Gasteiger partial charge in [0.15, 0.2) is 0 Å². The fourth-order valence-electron chi connectivity index (χ4n) is 4.57. The molecule has 1 aliphatic carbocycles. The Morgan fingerprint density at radius 1 is 1.00 bits per heavy atom. The molecule has 1 aliphatic heterocycles. The number of rotatable bonds is 5. The number of ketones is 1. The molecule has 0 spiro atoms. The number of benzene rings is 3. The van der Waals surface area contributed by atoms with Gasteiger partial charge in [0.25, 0.3) is 5.91 Å². The molecule has 34 heavy (non-hydrogen) atoms. The number of carbonyl (C=O) groups is 2. The molecule has 0 saturated heterocycles. The van der Waals surface area contributed by atoms with Crippen molar-refractivity contribution in [2.45, 2.75) is 25.9 Å². The molecule has 2 atom stereocenters. The molecule has 7 heteroatoms. The molecule has 1 fully saturated rings. The van der Waals surface area contributed by atoms with E-state index in [1.54, 1.807) is 42.2 Å². The van der Waals surface area contributed by atoms with E-state index in [2.05, 4.69) is 5.32 Å². The maximum atomic E-state index is 14.8. The SMILES string of the molecule is CC1=C(C(=O)N[C@H](c2cccc(F)c2)C2CC2=O)c2cccc(F)c2CN1c1ccccc1F. The largest absolute Gasteiger partial charge is 0.344 e. The van der Waals surface area contributed by atoms with E-state index in [1.165, 1.54) is 36.4 Å². The van der Waals surface area contributed by atoms with Crippen molar-refractivity contribution in [2.75, 3.05) is 4.90 Å². The van der Waals surface area contributed by atoms with Crippen molar-refractivity contribution in [2.24, 2.45) is 5.92 Å². The predicted molar refractivity (Wildman–Crippen MR) is 122 cm³/mol. The number of anilines is 1. The molecule has 0 bridgehead atoms. The molecule has 0 radical (unpaired) electrons. The number of amides is 1. The molecule has 0 aromatic heterocycles. The van der Waals surface area contributed by atoms with Gasteiger partial charge in [0, 0.05) is 23.6 Å². The van der Waals surface area contributed by atoms with Gasteiger partial charge in [-0.1, -0.05) is 36.4 Å². The van der Waals surface area contributed by atoms with Crippen LogP contribution in [0.25, 0.3) is 5.57 Å². The normalized spacial score (nSPS) is 17.9. The maximum Gasteiger partial charge on any atom is 0.254 e. The molecule has 4 nitrogen and oxygen atoms in total. The second kappa shape index (κ2) is 8.48. The van der Waals surface area contributed by atoms with Gasteiger partial charge in [0.05, 0.1) is 23.8 Å². The van der Waals surface area contributed by atoms with E-state index < -0.39 is 35.3 Å². The number of allylic oxidation sites excluding steroid dienone is 1. The minimum absolute atomic E-state index is 0.0247. The van der Waals surface area contributed by atoms with Crippen molar-refractivity contribution < 1.29 is 22.8 Å². The smallest absolute Gasteiger partial charge is 0.254 e. The van der Waals surface area contributed by atoms with Crippen LogP contribution in [0.15, 0.2) is 72.4 Å². The number of Topliss-reactive ketones (excluding diaryl/α,β-unsaturated/α-hetero) is 1. The van der Waals surface area contributed by atoms with Crippen molar-refractivity contribution in [3.05, 3.63) is 107 Å². The standard InChI is InChI=1S/C27H21F3N2O2/c1-15-25(27(34)31-26(19-13-24(19)33)16-6-4-7-17(28)12-16)18-8-5-10-21(29)20(18)14-32(15)23-11-3-2-9-22(23)30/h2-12,19,26H,13-14H2,1H3,(H,31,34)/t19?,26-/m1/s1. The molecule has 5 rings (SSSR count). The van der Waals surface area contributed by atoms with Gasteiger partial charge in [-0.3, -0.25) is 9.59 Å². The van der Waals surface area contributed by atoms with Crippen molar-refractivity contribution >= 4 is 23.0 Å². The van der Waals surface area contributed by atoms with Crippen LogP contribution in [-0.2, 0) is 16.1 Å². The van der Waals surface area contributed by atoms with Crippen LogP contribution in [0.2, 0.25) is 0 Å². The fourth-order valence-corrected chi connectivity index (χ4v) is 4.57. The van der Waals surface area contributed by atoms with Gasteiger partial charge in [-0.15, -0.1) is 0 Å². The number of para-hydroxylation sites is 1. The van der Waals surface area contributed by atoms with E-state index in [4.69, 9.17) is 0 Å². The minimum atomic E-state index is -0.725. The van der Waals surface area contributed by atoms with E-state index in [1.807, 2.05) is 0 Å². The zero-order valence-electron chi connectivity index (χ0n) is 18.3. The third kappa shape index (κ3) is 3.87. The Morgan fingerprint density at radius 2 is 1.71 bits per heavy atom. The third-order valence-corrected chi connectivity index (χ3v) is 6.41. The molecule has 3 aromatic rings. The first-order valence-electron chi connectivity index (χ1n) is 10.9. The average molecular weight is 462 g/mol. The predicted octanol–water partition coefficient (Wildman–Crippen LogP) is 5.30. The Balaban J connectivity index is 1.58. The summed E-state index contributed by atoms with van der Waals surface area (Å²) in [5.74, 6) is -2.50. The van der Waals surface area contributed by atoms with Crippen molar-refractivity contribution in [1.82, 2.24) is 5.32 Å². The van der Waals surface area contributed by atoms with E-state index in [0.29, 0.717) is 16.8 Å². The highest BCUT2D eigenvalue weighted by Gasteiger charge is 2.44. The van der Waals surface area contributed by atoms with Gasteiger partial charge in [0.2, 0.25) is 0 Å². The zero-order valence-corrected chi connectivity index (χ0v) is 18.3. The first-order chi connectivity index (χ1) is 16.3. The second-order valence-electron chi connectivity index (χ2n) is 8.55. The van der Waals surface area contributed by atoms with Crippen LogP contribution < -0.4 is 10.2 Å². The van der Waals surface area contributed by atoms with Gasteiger partial charge in [-0.05, 0) is 48.4 Å².